The quantitative estimate of drug-likeness (QED) is 0.376. The SMILES string of the molecule is CCO[Si](C)(C)CCCc1c(N)ccc(N)c1CCC[Si](C)(C)OCC. The van der Waals surface area contributed by atoms with Crippen LogP contribution < -0.4 is 11.5 Å². The molecule has 0 bridgehead atoms. The highest BCUT2D eigenvalue weighted by Gasteiger charge is 2.23. The Labute approximate surface area is 162 Å². The second-order valence-electron chi connectivity index (χ2n) is 8.29. The number of nitrogens with two attached hydrogens (primary N) is 2. The lowest BCUT2D eigenvalue weighted by Gasteiger charge is -2.23. The molecule has 4 N–H and O–H groups in total. The van der Waals surface area contributed by atoms with Crippen molar-refractivity contribution in [1.29, 1.82) is 0 Å². The lowest BCUT2D eigenvalue weighted by atomic mass is 9.96. The Bertz CT molecular complexity index is 514. The van der Waals surface area contributed by atoms with Gasteiger partial charge in [-0.25, -0.2) is 0 Å². The molecule has 26 heavy (non-hydrogen) atoms. The maximum atomic E-state index is 6.31. The van der Waals surface area contributed by atoms with E-state index in [0.29, 0.717) is 0 Å². The third kappa shape index (κ3) is 7.82. The van der Waals surface area contributed by atoms with Crippen molar-refractivity contribution in [1.82, 2.24) is 0 Å². The molecule has 0 aliphatic rings. The monoisotopic (exact) mass is 396 g/mol. The third-order valence-electron chi connectivity index (χ3n) is 4.99. The second kappa shape index (κ2) is 10.5. The summed E-state index contributed by atoms with van der Waals surface area (Å²) in [5.41, 5.74) is 16.9. The van der Waals surface area contributed by atoms with Gasteiger partial charge in [-0.3, -0.25) is 0 Å². The van der Waals surface area contributed by atoms with Crippen LogP contribution in [0.1, 0.15) is 37.8 Å². The molecule has 0 saturated carbocycles. The van der Waals surface area contributed by atoms with Gasteiger partial charge in [-0.1, -0.05) is 0 Å². The van der Waals surface area contributed by atoms with Gasteiger partial charge in [-0.15, -0.1) is 0 Å². The maximum Gasteiger partial charge on any atom is 0.186 e. The zero-order valence-electron chi connectivity index (χ0n) is 17.8. The van der Waals surface area contributed by atoms with Crippen molar-refractivity contribution in [3.05, 3.63) is 23.3 Å². The summed E-state index contributed by atoms with van der Waals surface area (Å²) in [7, 11) is -3.10. The van der Waals surface area contributed by atoms with E-state index in [9.17, 15) is 0 Å². The number of anilines is 2. The maximum absolute atomic E-state index is 6.31. The zero-order valence-corrected chi connectivity index (χ0v) is 19.8. The van der Waals surface area contributed by atoms with Gasteiger partial charge in [-0.2, -0.15) is 0 Å². The van der Waals surface area contributed by atoms with Crippen LogP contribution in [-0.4, -0.2) is 29.8 Å². The molecule has 0 heterocycles. The average Bonchev–Trinajstić information content (AvgIpc) is 2.52. The van der Waals surface area contributed by atoms with E-state index >= 15 is 0 Å². The zero-order chi connectivity index (χ0) is 19.8. The lowest BCUT2D eigenvalue weighted by Crippen LogP contribution is -2.30. The van der Waals surface area contributed by atoms with Crippen molar-refractivity contribution in [3.63, 3.8) is 0 Å². The molecule has 0 aliphatic carbocycles. The number of hydrogen-bond acceptors (Lipinski definition) is 4. The molecule has 1 rings (SSSR count). The van der Waals surface area contributed by atoms with E-state index in [4.69, 9.17) is 20.3 Å². The Kier molecular flexibility index (Phi) is 9.37. The first-order valence-electron chi connectivity index (χ1n) is 10.1. The first kappa shape index (κ1) is 23.2. The van der Waals surface area contributed by atoms with Gasteiger partial charge < -0.3 is 20.3 Å². The molecular formula is C20H40N2O2Si2. The molecule has 0 unspecified atom stereocenters. The highest BCUT2D eigenvalue weighted by molar-refractivity contribution is 6.71. The van der Waals surface area contributed by atoms with Crippen LogP contribution >= 0.6 is 0 Å². The molecule has 4 nitrogen and oxygen atoms in total. The molecule has 0 spiro atoms. The van der Waals surface area contributed by atoms with Gasteiger partial charge in [0.2, 0.25) is 0 Å². The normalized spacial score (nSPS) is 12.5. The van der Waals surface area contributed by atoms with Gasteiger partial charge in [0.15, 0.2) is 16.6 Å². The van der Waals surface area contributed by atoms with E-state index in [1.54, 1.807) is 0 Å². The van der Waals surface area contributed by atoms with Crippen LogP contribution in [0.4, 0.5) is 11.4 Å². The third-order valence-corrected chi connectivity index (χ3v) is 10.2. The summed E-state index contributed by atoms with van der Waals surface area (Å²) >= 11 is 0. The fraction of sp³-hybridized carbons (Fsp3) is 0.700. The van der Waals surface area contributed by atoms with Crippen LogP contribution in [0.2, 0.25) is 38.3 Å². The van der Waals surface area contributed by atoms with Crippen molar-refractivity contribution < 1.29 is 8.85 Å². The van der Waals surface area contributed by atoms with Gasteiger partial charge in [0.25, 0.3) is 0 Å². The minimum absolute atomic E-state index is 0.810. The standard InChI is InChI=1S/C20H40N2O2Si2/c1-7-23-25(3,4)15-9-11-17-18(20(22)14-13-19(17)21)12-10-16-26(5,6)24-8-2/h13-14H,7-12,15-16,21-22H2,1-6H3. The van der Waals surface area contributed by atoms with E-state index in [-0.39, 0.29) is 0 Å². The van der Waals surface area contributed by atoms with E-state index in [0.717, 1.165) is 62.4 Å². The summed E-state index contributed by atoms with van der Waals surface area (Å²) in [5, 5.41) is 0. The molecular weight excluding hydrogens is 356 g/mol. The number of nitrogen functional groups attached to an aromatic ring is 2. The Hall–Kier alpha value is -0.826. The molecule has 0 atom stereocenters. The average molecular weight is 397 g/mol. The van der Waals surface area contributed by atoms with Crippen LogP contribution in [0.5, 0.6) is 0 Å². The largest absolute Gasteiger partial charge is 0.418 e. The molecule has 150 valence electrons. The molecule has 0 aromatic heterocycles. The molecule has 1 aromatic carbocycles. The van der Waals surface area contributed by atoms with E-state index in [1.165, 1.54) is 11.1 Å². The summed E-state index contributed by atoms with van der Waals surface area (Å²) in [4.78, 5) is 0. The summed E-state index contributed by atoms with van der Waals surface area (Å²) in [6.45, 7) is 14.9. The fourth-order valence-electron chi connectivity index (χ4n) is 3.63. The summed E-state index contributed by atoms with van der Waals surface area (Å²) in [6.07, 6.45) is 4.20. The number of hydrogen-bond donors (Lipinski definition) is 2. The highest BCUT2D eigenvalue weighted by atomic mass is 28.4. The topological polar surface area (TPSA) is 70.5 Å². The molecule has 1 aromatic rings. The smallest absolute Gasteiger partial charge is 0.186 e. The molecule has 6 heteroatoms. The van der Waals surface area contributed by atoms with E-state index in [2.05, 4.69) is 40.0 Å². The van der Waals surface area contributed by atoms with Crippen molar-refractivity contribution in [2.75, 3.05) is 24.7 Å². The van der Waals surface area contributed by atoms with Gasteiger partial charge in [0.05, 0.1) is 0 Å². The molecule has 0 aliphatic heterocycles. The lowest BCUT2D eigenvalue weighted by molar-refractivity contribution is 0.327. The summed E-state index contributed by atoms with van der Waals surface area (Å²) in [5.74, 6) is 0. The van der Waals surface area contributed by atoms with Crippen LogP contribution in [0.25, 0.3) is 0 Å². The molecule has 0 fully saturated rings. The van der Waals surface area contributed by atoms with Gasteiger partial charge in [-0.05, 0) is 101 Å². The first-order chi connectivity index (χ1) is 12.1. The van der Waals surface area contributed by atoms with Crippen molar-refractivity contribution >= 4 is 28.0 Å². The second-order valence-corrected chi connectivity index (χ2v) is 16.9. The molecule has 0 radical (unpaired) electrons. The van der Waals surface area contributed by atoms with Gasteiger partial charge >= 0.3 is 0 Å². The predicted octanol–water partition coefficient (Wildman–Crippen LogP) is 5.20. The van der Waals surface area contributed by atoms with Gasteiger partial charge in [0, 0.05) is 24.6 Å². The first-order valence-corrected chi connectivity index (χ1v) is 16.3. The van der Waals surface area contributed by atoms with Crippen LogP contribution in [0.15, 0.2) is 12.1 Å². The minimum atomic E-state index is -1.55. The predicted molar refractivity (Wildman–Crippen MR) is 120 cm³/mol. The Morgan fingerprint density at radius 3 is 1.38 bits per heavy atom. The number of rotatable bonds is 12. The van der Waals surface area contributed by atoms with Crippen LogP contribution in [0.3, 0.4) is 0 Å². The molecule has 0 amide bonds. The van der Waals surface area contributed by atoms with Crippen molar-refractivity contribution in [2.24, 2.45) is 0 Å². The van der Waals surface area contributed by atoms with Crippen molar-refractivity contribution in [3.8, 4) is 0 Å². The Morgan fingerprint density at radius 1 is 0.731 bits per heavy atom. The van der Waals surface area contributed by atoms with Crippen molar-refractivity contribution in [2.45, 2.75) is 77.8 Å². The van der Waals surface area contributed by atoms with E-state index < -0.39 is 16.6 Å². The number of benzene rings is 1. The summed E-state index contributed by atoms with van der Waals surface area (Å²) in [6, 6.07) is 6.22. The van der Waals surface area contributed by atoms with Crippen LogP contribution in [-0.2, 0) is 21.7 Å². The van der Waals surface area contributed by atoms with Gasteiger partial charge in [0.1, 0.15) is 0 Å². The fourth-order valence-corrected chi connectivity index (χ4v) is 7.54. The van der Waals surface area contributed by atoms with E-state index in [1.807, 2.05) is 12.1 Å². The minimum Gasteiger partial charge on any atom is -0.418 e. The highest BCUT2D eigenvalue weighted by Crippen LogP contribution is 2.29. The Balaban J connectivity index is 2.75. The molecule has 0 saturated heterocycles. The van der Waals surface area contributed by atoms with Crippen LogP contribution in [0, 0.1) is 0 Å². The Morgan fingerprint density at radius 2 is 1.08 bits per heavy atom. The summed E-state index contributed by atoms with van der Waals surface area (Å²) < 4.78 is 11.9.